The van der Waals surface area contributed by atoms with Crippen LogP contribution in [0.15, 0.2) is 194 Å². The summed E-state index contributed by atoms with van der Waals surface area (Å²) in [5.41, 5.74) is 27.1. The molecule has 0 bridgehead atoms. The number of piperazine rings is 1. The van der Waals surface area contributed by atoms with Crippen molar-refractivity contribution in [3.63, 3.8) is 0 Å². The van der Waals surface area contributed by atoms with Crippen LogP contribution in [0.2, 0.25) is 0 Å². The minimum absolute atomic E-state index is 0.305. The first-order valence-electron chi connectivity index (χ1n) is 56.9. The van der Waals surface area contributed by atoms with E-state index >= 15 is 0 Å². The molecule has 8 aromatic rings. The third kappa shape index (κ3) is 64.8. The summed E-state index contributed by atoms with van der Waals surface area (Å²) in [6.07, 6.45) is 37.1. The van der Waals surface area contributed by atoms with Crippen LogP contribution in [-0.4, -0.2) is 49.7 Å². The summed E-state index contributed by atoms with van der Waals surface area (Å²) in [7, 11) is 0. The van der Waals surface area contributed by atoms with E-state index in [0.29, 0.717) is 66.1 Å². The summed E-state index contributed by atoms with van der Waals surface area (Å²) in [4.78, 5) is 7.60. The molecule has 0 spiro atoms. The predicted octanol–water partition coefficient (Wildman–Crippen LogP) is 41.9. The SMILES string of the molecule is CC(C)(C)CCC1CCCCC1.CC(CC(C)(C)C)C1CCCCC1.CC(CC(C)(C)C)c1ccccc1.Cc1ccc(C(C)CC(C)(C)C)cc1.Cc1ccc(CCC(C)(C)C)c(C)c1.Cc1ccc(CCC(C)(C)C)cc1.Cc1ccc(N2CCC(CCC(C)(C)C)CC2)cc1.Cc1ccc(N2CCN(C(C)(C)C)CC2)cc1.Cc1cccc(CCC(C)(C)C)c1.Cc1ccccc1CCC(C)(C)C. The second-order valence-electron chi connectivity index (χ2n) is 56.3. The van der Waals surface area contributed by atoms with Crippen molar-refractivity contribution in [3.8, 4) is 0 Å². The van der Waals surface area contributed by atoms with Crippen LogP contribution in [0.25, 0.3) is 0 Å². The maximum absolute atomic E-state index is 2.57. The highest BCUT2D eigenvalue weighted by Crippen LogP contribution is 2.39. The number of hydrogen-bond acceptors (Lipinski definition) is 3. The Labute approximate surface area is 878 Å². The lowest BCUT2D eigenvalue weighted by atomic mass is 9.74. The number of nitrogens with zero attached hydrogens (tertiary/aromatic N) is 3. The zero-order valence-electron chi connectivity index (χ0n) is 101. The van der Waals surface area contributed by atoms with Crippen LogP contribution in [0.5, 0.6) is 0 Å². The van der Waals surface area contributed by atoms with Gasteiger partial charge in [-0.3, -0.25) is 4.90 Å². The minimum atomic E-state index is 0.305. The van der Waals surface area contributed by atoms with Crippen LogP contribution < -0.4 is 9.80 Å². The molecule has 0 N–H and O–H groups in total. The van der Waals surface area contributed by atoms with Crippen LogP contribution in [0.1, 0.15) is 466 Å². The summed E-state index contributed by atoms with van der Waals surface area (Å²) < 4.78 is 0. The second-order valence-corrected chi connectivity index (χ2v) is 56.3. The van der Waals surface area contributed by atoms with E-state index in [1.807, 2.05) is 0 Å². The quantitative estimate of drug-likeness (QED) is 0.0753. The molecule has 8 aromatic carbocycles. The van der Waals surface area contributed by atoms with Gasteiger partial charge in [0.1, 0.15) is 0 Å². The molecule has 141 heavy (non-hydrogen) atoms. The summed E-state index contributed by atoms with van der Waals surface area (Å²) in [6.45, 7) is 101. The molecule has 2 aliphatic heterocycles. The van der Waals surface area contributed by atoms with E-state index in [-0.39, 0.29) is 0 Å². The Balaban J connectivity index is 0.000000404. The van der Waals surface area contributed by atoms with Gasteiger partial charge in [-0.1, -0.05) is 475 Å². The van der Waals surface area contributed by atoms with Crippen molar-refractivity contribution >= 4 is 11.4 Å². The number of piperidine rings is 1. The molecule has 3 atom stereocenters. The van der Waals surface area contributed by atoms with E-state index in [9.17, 15) is 0 Å². The Bertz CT molecular complexity index is 4510. The van der Waals surface area contributed by atoms with Gasteiger partial charge in [-0.15, -0.1) is 0 Å². The summed E-state index contributed by atoms with van der Waals surface area (Å²) >= 11 is 0. The van der Waals surface area contributed by atoms with Gasteiger partial charge in [-0.05, 0) is 338 Å². The number of anilines is 2. The van der Waals surface area contributed by atoms with Gasteiger partial charge in [0, 0.05) is 56.2 Å². The van der Waals surface area contributed by atoms with Crippen LogP contribution in [0.3, 0.4) is 0 Å². The molecule has 2 aliphatic carbocycles. The molecular weight excluding hydrogens is 1700 g/mol. The lowest BCUT2D eigenvalue weighted by Crippen LogP contribution is -2.53. The van der Waals surface area contributed by atoms with E-state index in [2.05, 4.69) is 493 Å². The van der Waals surface area contributed by atoms with E-state index in [1.165, 1.54) is 276 Å². The lowest BCUT2D eigenvalue weighted by Gasteiger charge is -2.43. The minimum Gasteiger partial charge on any atom is -0.372 e. The van der Waals surface area contributed by atoms with E-state index in [0.717, 1.165) is 49.9 Å². The standard InChI is InChI=1S/C18H29N.C15H24N2.2C14H22.3C13H20.C13H26.C13H20.C12H24/c1-15-5-7-17(8-6-15)19-13-10-16(11-14-19)9-12-18(2,3)4;1-13-5-7-14(8-6-13)16-9-11-17(12-10-16)15(2,3)4;1-11-6-8-13(9-7-11)12(2)10-14(3,4)5;1-11-6-7-13(12(2)10-11)8-9-14(3,4)5;1-11-5-7-12(8-6-11)9-10-13(2,3)4;1-11-6-5-7-12(10-11)8-9-13(2,3)4;1-11-7-5-6-8-12(11)9-10-13(2,3)4;2*1-11(10-13(2,3)4)12-8-6-5-7-9-12;1-12(2,3)10-9-11-7-5-4-6-8-11/h5-8,16H,9-14H2,1-4H3;5-8H,9-12H2,1-4H3;6-9,12H,10H2,1-5H3;6-7,10H,8-9H2,1-5H3;5-8H,9-10H2,1-4H3;5-7,10H,8-9H2,1-4H3;5-8H,9-10H2,1-4H3;11-12H,5-10H2,1-4H3;5-9,11H,10H2,1-4H3;11H,4-10H2,1-3H3. The monoisotopic (exact) mass is 1930 g/mol. The molecule has 3 nitrogen and oxygen atoms in total. The Morgan fingerprint density at radius 3 is 0.986 bits per heavy atom. The van der Waals surface area contributed by atoms with Gasteiger partial charge in [-0.25, -0.2) is 0 Å². The molecule has 4 fully saturated rings. The van der Waals surface area contributed by atoms with Crippen molar-refractivity contribution in [2.24, 2.45) is 72.4 Å². The fourth-order valence-electron chi connectivity index (χ4n) is 19.7. The summed E-state index contributed by atoms with van der Waals surface area (Å²) in [5.74, 6) is 5.32. The molecule has 0 aromatic heterocycles. The van der Waals surface area contributed by atoms with Gasteiger partial charge in [0.25, 0.3) is 0 Å². The van der Waals surface area contributed by atoms with Crippen molar-refractivity contribution < 1.29 is 0 Å². The topological polar surface area (TPSA) is 9.72 Å². The smallest absolute Gasteiger partial charge is 0.0367 e. The molecule has 2 saturated heterocycles. The third-order valence-corrected chi connectivity index (χ3v) is 28.8. The van der Waals surface area contributed by atoms with Gasteiger partial charge in [0.15, 0.2) is 0 Å². The van der Waals surface area contributed by atoms with Crippen molar-refractivity contribution in [3.05, 3.63) is 272 Å². The maximum atomic E-state index is 2.57. The normalized spacial score (nSPS) is 15.7. The highest BCUT2D eigenvalue weighted by molar-refractivity contribution is 5.49. The molecule has 4 aliphatic rings. The molecule has 3 unspecified atom stereocenters. The van der Waals surface area contributed by atoms with Crippen molar-refractivity contribution in [2.75, 3.05) is 49.1 Å². The molecule has 2 saturated carbocycles. The molecule has 0 amide bonds. The fourth-order valence-corrected chi connectivity index (χ4v) is 19.7. The average Bonchev–Trinajstić information content (AvgIpc) is 0.830. The largest absolute Gasteiger partial charge is 0.372 e. The number of hydrogen-bond donors (Lipinski definition) is 0. The van der Waals surface area contributed by atoms with Gasteiger partial charge in [0.05, 0.1) is 0 Å². The molecule has 794 valence electrons. The average molecular weight is 1930 g/mol. The Morgan fingerprint density at radius 2 is 0.596 bits per heavy atom. The Morgan fingerprint density at radius 1 is 0.255 bits per heavy atom. The maximum Gasteiger partial charge on any atom is 0.0367 e. The van der Waals surface area contributed by atoms with E-state index < -0.39 is 0 Å². The zero-order chi connectivity index (χ0) is 106. The predicted molar refractivity (Wildman–Crippen MR) is 638 cm³/mol. The van der Waals surface area contributed by atoms with Crippen LogP contribution >= 0.6 is 0 Å². The number of rotatable bonds is 20. The van der Waals surface area contributed by atoms with Crippen LogP contribution in [-0.2, 0) is 25.7 Å². The highest BCUT2D eigenvalue weighted by atomic mass is 15.3. The van der Waals surface area contributed by atoms with Crippen molar-refractivity contribution in [1.82, 2.24) is 4.90 Å². The molecule has 0 radical (unpaired) electrons. The van der Waals surface area contributed by atoms with Crippen LogP contribution in [0.4, 0.5) is 11.4 Å². The van der Waals surface area contributed by atoms with Crippen molar-refractivity contribution in [1.29, 1.82) is 0 Å². The number of aryl methyl sites for hydroxylation is 12. The molecule has 2 heterocycles. The number of benzene rings is 8. The first kappa shape index (κ1) is 128. The molecular formula is C138H227N3. The zero-order valence-corrected chi connectivity index (χ0v) is 101. The summed E-state index contributed by atoms with van der Waals surface area (Å²) in [6, 6.07) is 70.6. The first-order valence-corrected chi connectivity index (χ1v) is 56.9. The van der Waals surface area contributed by atoms with E-state index in [4.69, 9.17) is 0 Å². The summed E-state index contributed by atoms with van der Waals surface area (Å²) in [5, 5.41) is 0. The first-order chi connectivity index (χ1) is 65.2. The third-order valence-electron chi connectivity index (χ3n) is 28.8. The van der Waals surface area contributed by atoms with Gasteiger partial charge < -0.3 is 9.80 Å². The highest BCUT2D eigenvalue weighted by Gasteiger charge is 2.29. The fraction of sp³-hybridized carbons (Fsp3) is 0.652. The Kier molecular flexibility index (Phi) is 56.9. The van der Waals surface area contributed by atoms with Gasteiger partial charge in [-0.2, -0.15) is 0 Å². The molecule has 3 heteroatoms. The van der Waals surface area contributed by atoms with Gasteiger partial charge in [0.2, 0.25) is 0 Å². The molecule has 12 rings (SSSR count). The van der Waals surface area contributed by atoms with Crippen LogP contribution in [0, 0.1) is 128 Å². The second kappa shape index (κ2) is 62.5. The van der Waals surface area contributed by atoms with Gasteiger partial charge >= 0.3 is 0 Å². The van der Waals surface area contributed by atoms with E-state index in [1.54, 1.807) is 0 Å². The lowest BCUT2D eigenvalue weighted by molar-refractivity contribution is 0.128. The van der Waals surface area contributed by atoms with Crippen molar-refractivity contribution in [2.45, 2.75) is 475 Å². The Hall–Kier alpha value is -6.68.